The van der Waals surface area contributed by atoms with Crippen LogP contribution in [0.3, 0.4) is 0 Å². The molecule has 4 aromatic carbocycles. The molecule has 0 bridgehead atoms. The van der Waals surface area contributed by atoms with Gasteiger partial charge in [0.25, 0.3) is 0 Å². The zero-order valence-corrected chi connectivity index (χ0v) is 22.7. The van der Waals surface area contributed by atoms with Gasteiger partial charge in [-0.05, 0) is 45.9 Å². The number of carboxylic acid groups (broad SMARTS) is 1. The summed E-state index contributed by atoms with van der Waals surface area (Å²) in [5.74, 6) is -1.14. The number of carbonyl (C=O) groups excluding carboxylic acids is 2. The van der Waals surface area contributed by atoms with E-state index >= 15 is 0 Å². The number of fused-ring (bicyclic) bond motifs is 3. The number of ether oxygens (including phenoxy) is 1. The minimum atomic E-state index is -0.950. The predicted molar refractivity (Wildman–Crippen MR) is 158 cm³/mol. The van der Waals surface area contributed by atoms with Crippen molar-refractivity contribution in [2.45, 2.75) is 31.7 Å². The minimum Gasteiger partial charge on any atom is -0.481 e. The SMILES string of the molecule is O=C(O)CCN(Cc1ccccc1)C(=O)CCc1ccccc1NC(=O)OCC1c2ccccc2-c2ccccc21. The van der Waals surface area contributed by atoms with Crippen molar-refractivity contribution in [2.24, 2.45) is 0 Å². The molecule has 0 saturated heterocycles. The van der Waals surface area contributed by atoms with Crippen molar-refractivity contribution >= 4 is 23.7 Å². The fourth-order valence-corrected chi connectivity index (χ4v) is 5.33. The Morgan fingerprint density at radius 2 is 1.37 bits per heavy atom. The van der Waals surface area contributed by atoms with Crippen molar-refractivity contribution in [1.29, 1.82) is 0 Å². The van der Waals surface area contributed by atoms with E-state index in [2.05, 4.69) is 29.6 Å². The van der Waals surface area contributed by atoms with E-state index in [1.165, 1.54) is 0 Å². The van der Waals surface area contributed by atoms with Gasteiger partial charge in [-0.15, -0.1) is 0 Å². The summed E-state index contributed by atoms with van der Waals surface area (Å²) in [5, 5.41) is 12.0. The summed E-state index contributed by atoms with van der Waals surface area (Å²) in [6.45, 7) is 0.674. The Hall–Kier alpha value is -4.91. The third kappa shape index (κ3) is 6.81. The van der Waals surface area contributed by atoms with E-state index in [-0.39, 0.29) is 37.8 Å². The van der Waals surface area contributed by atoms with Crippen LogP contribution in [0, 0.1) is 0 Å². The molecule has 208 valence electrons. The number of anilines is 1. The number of carbonyl (C=O) groups is 3. The first kappa shape index (κ1) is 27.6. The lowest BCUT2D eigenvalue weighted by Crippen LogP contribution is -2.32. The molecule has 0 unspecified atom stereocenters. The number of para-hydroxylation sites is 1. The maximum Gasteiger partial charge on any atom is 0.411 e. The van der Waals surface area contributed by atoms with E-state index in [1.807, 2.05) is 72.8 Å². The van der Waals surface area contributed by atoms with Gasteiger partial charge in [0.15, 0.2) is 0 Å². The van der Waals surface area contributed by atoms with Gasteiger partial charge in [-0.3, -0.25) is 14.9 Å². The Kier molecular flexibility index (Phi) is 8.74. The molecule has 0 atom stereocenters. The molecule has 0 radical (unpaired) electrons. The highest BCUT2D eigenvalue weighted by Gasteiger charge is 2.29. The van der Waals surface area contributed by atoms with Gasteiger partial charge in [-0.1, -0.05) is 97.1 Å². The Morgan fingerprint density at radius 1 is 0.756 bits per heavy atom. The normalized spacial score (nSPS) is 11.8. The van der Waals surface area contributed by atoms with Crippen LogP contribution in [-0.2, 0) is 27.3 Å². The second-order valence-electron chi connectivity index (χ2n) is 10.1. The summed E-state index contributed by atoms with van der Waals surface area (Å²) in [4.78, 5) is 38.8. The topological polar surface area (TPSA) is 95.9 Å². The van der Waals surface area contributed by atoms with Crippen LogP contribution < -0.4 is 5.32 Å². The van der Waals surface area contributed by atoms with Crippen molar-refractivity contribution in [3.8, 4) is 11.1 Å². The zero-order chi connectivity index (χ0) is 28.6. The lowest BCUT2D eigenvalue weighted by Gasteiger charge is -2.22. The first-order valence-corrected chi connectivity index (χ1v) is 13.7. The average Bonchev–Trinajstić information content (AvgIpc) is 3.31. The molecular weight excluding hydrogens is 516 g/mol. The second kappa shape index (κ2) is 13.0. The number of aliphatic carboxylic acids is 1. The van der Waals surface area contributed by atoms with Crippen LogP contribution in [0.2, 0.25) is 0 Å². The summed E-state index contributed by atoms with van der Waals surface area (Å²) in [6, 6.07) is 33.2. The molecule has 2 amide bonds. The molecule has 0 spiro atoms. The second-order valence-corrected chi connectivity index (χ2v) is 10.1. The maximum absolute atomic E-state index is 13.1. The number of rotatable bonds is 11. The number of benzene rings is 4. The van der Waals surface area contributed by atoms with Gasteiger partial charge in [0.1, 0.15) is 6.61 Å². The smallest absolute Gasteiger partial charge is 0.411 e. The number of nitrogens with one attached hydrogen (secondary N) is 1. The number of amides is 2. The Labute approximate surface area is 239 Å². The third-order valence-corrected chi connectivity index (χ3v) is 7.37. The van der Waals surface area contributed by atoms with E-state index < -0.39 is 12.1 Å². The van der Waals surface area contributed by atoms with E-state index in [1.54, 1.807) is 11.0 Å². The molecule has 0 fully saturated rings. The highest BCUT2D eigenvalue weighted by Crippen LogP contribution is 2.44. The molecule has 5 rings (SSSR count). The molecule has 0 saturated carbocycles. The fraction of sp³-hybridized carbons (Fsp3) is 0.206. The molecule has 0 aliphatic heterocycles. The van der Waals surface area contributed by atoms with Crippen LogP contribution in [-0.4, -0.2) is 41.1 Å². The Balaban J connectivity index is 1.20. The van der Waals surface area contributed by atoms with E-state index in [4.69, 9.17) is 9.84 Å². The van der Waals surface area contributed by atoms with Crippen LogP contribution >= 0.6 is 0 Å². The average molecular weight is 549 g/mol. The van der Waals surface area contributed by atoms with Crippen molar-refractivity contribution < 1.29 is 24.2 Å². The molecule has 7 nitrogen and oxygen atoms in total. The monoisotopic (exact) mass is 548 g/mol. The predicted octanol–water partition coefficient (Wildman–Crippen LogP) is 6.48. The molecule has 1 aliphatic rings. The summed E-state index contributed by atoms with van der Waals surface area (Å²) in [6.07, 6.45) is -0.122. The first-order valence-electron chi connectivity index (χ1n) is 13.7. The van der Waals surface area contributed by atoms with E-state index in [0.29, 0.717) is 18.7 Å². The lowest BCUT2D eigenvalue weighted by molar-refractivity contribution is -0.138. The summed E-state index contributed by atoms with van der Waals surface area (Å²) in [5.41, 5.74) is 6.92. The van der Waals surface area contributed by atoms with Crippen molar-refractivity contribution in [1.82, 2.24) is 4.90 Å². The van der Waals surface area contributed by atoms with Gasteiger partial charge < -0.3 is 14.7 Å². The van der Waals surface area contributed by atoms with Crippen molar-refractivity contribution in [2.75, 3.05) is 18.5 Å². The van der Waals surface area contributed by atoms with Crippen molar-refractivity contribution in [3.63, 3.8) is 0 Å². The highest BCUT2D eigenvalue weighted by atomic mass is 16.5. The molecule has 41 heavy (non-hydrogen) atoms. The van der Waals surface area contributed by atoms with Gasteiger partial charge in [0.05, 0.1) is 6.42 Å². The zero-order valence-electron chi connectivity index (χ0n) is 22.7. The molecule has 2 N–H and O–H groups in total. The summed E-state index contributed by atoms with van der Waals surface area (Å²) in [7, 11) is 0. The summed E-state index contributed by atoms with van der Waals surface area (Å²) >= 11 is 0. The standard InChI is InChI=1S/C34H32N2O5/c37-32(36(21-20-33(38)39)22-24-10-2-1-3-11-24)19-18-25-12-4-9-17-31(25)35-34(40)41-23-30-28-15-7-5-13-26(28)27-14-6-8-16-29(27)30/h1-17,30H,18-23H2,(H,35,40)(H,38,39). The largest absolute Gasteiger partial charge is 0.481 e. The highest BCUT2D eigenvalue weighted by molar-refractivity contribution is 5.86. The van der Waals surface area contributed by atoms with Gasteiger partial charge in [0.2, 0.25) is 5.91 Å². The van der Waals surface area contributed by atoms with Crippen LogP contribution in [0.4, 0.5) is 10.5 Å². The number of carboxylic acids is 1. The van der Waals surface area contributed by atoms with E-state index in [9.17, 15) is 14.4 Å². The minimum absolute atomic E-state index is 0.0394. The number of hydrogen-bond acceptors (Lipinski definition) is 4. The lowest BCUT2D eigenvalue weighted by atomic mass is 9.98. The molecule has 0 aromatic heterocycles. The molecule has 0 heterocycles. The van der Waals surface area contributed by atoms with Crippen LogP contribution in [0.25, 0.3) is 11.1 Å². The molecular formula is C34H32N2O5. The molecule has 4 aromatic rings. The van der Waals surface area contributed by atoms with Gasteiger partial charge in [-0.25, -0.2) is 4.79 Å². The van der Waals surface area contributed by atoms with Crippen LogP contribution in [0.5, 0.6) is 0 Å². The van der Waals surface area contributed by atoms with Crippen LogP contribution in [0.15, 0.2) is 103 Å². The first-order chi connectivity index (χ1) is 20.0. The van der Waals surface area contributed by atoms with Crippen LogP contribution in [0.1, 0.15) is 41.0 Å². The molecule has 1 aliphatic carbocycles. The number of aryl methyl sites for hydroxylation is 1. The Morgan fingerprint density at radius 3 is 2.05 bits per heavy atom. The van der Waals surface area contributed by atoms with E-state index in [0.717, 1.165) is 33.4 Å². The van der Waals surface area contributed by atoms with Gasteiger partial charge in [-0.2, -0.15) is 0 Å². The third-order valence-electron chi connectivity index (χ3n) is 7.37. The number of hydrogen-bond donors (Lipinski definition) is 2. The number of nitrogens with zero attached hydrogens (tertiary/aromatic N) is 1. The Bertz CT molecular complexity index is 1490. The summed E-state index contributed by atoms with van der Waals surface area (Å²) < 4.78 is 5.70. The quantitative estimate of drug-likeness (QED) is 0.224. The maximum atomic E-state index is 13.1. The van der Waals surface area contributed by atoms with Gasteiger partial charge >= 0.3 is 12.1 Å². The molecule has 7 heteroatoms. The van der Waals surface area contributed by atoms with Gasteiger partial charge in [0, 0.05) is 31.1 Å². The van der Waals surface area contributed by atoms with Crippen molar-refractivity contribution in [3.05, 3.63) is 125 Å². The fourth-order valence-electron chi connectivity index (χ4n) is 5.33.